The summed E-state index contributed by atoms with van der Waals surface area (Å²) in [7, 11) is -4.31. The van der Waals surface area contributed by atoms with Crippen molar-refractivity contribution >= 4 is 21.8 Å². The normalized spacial score (nSPS) is 15.1. The molecule has 1 aromatic carbocycles. The molecule has 15 heavy (non-hydrogen) atoms. The largest absolute Gasteiger partial charge is 0.334 e. The van der Waals surface area contributed by atoms with Crippen molar-refractivity contribution in [2.24, 2.45) is 0 Å². The summed E-state index contributed by atoms with van der Waals surface area (Å²) < 4.78 is 30.9. The van der Waals surface area contributed by atoms with Gasteiger partial charge in [-0.2, -0.15) is 8.42 Å². The van der Waals surface area contributed by atoms with E-state index < -0.39 is 16.1 Å². The molecule has 0 fully saturated rings. The van der Waals surface area contributed by atoms with Crippen molar-refractivity contribution in [2.75, 3.05) is 5.32 Å². The van der Waals surface area contributed by atoms with Crippen LogP contribution >= 0.6 is 0 Å². The third kappa shape index (κ3) is 1.79. The quantitative estimate of drug-likeness (QED) is 0.612. The van der Waals surface area contributed by atoms with Crippen molar-refractivity contribution in [3.8, 4) is 0 Å². The Labute approximate surface area is 86.0 Å². The number of carbonyl (C=O) groups excluding carboxylic acids is 1. The molecule has 1 aromatic rings. The summed E-state index contributed by atoms with van der Waals surface area (Å²) in [4.78, 5) is 10.7. The molecule has 0 saturated carbocycles. The molecule has 0 aromatic heterocycles. The van der Waals surface area contributed by atoms with Crippen LogP contribution in [-0.2, 0) is 16.7 Å². The van der Waals surface area contributed by atoms with Crippen LogP contribution in [0.2, 0.25) is 0 Å². The fourth-order valence-electron chi connectivity index (χ4n) is 1.41. The van der Waals surface area contributed by atoms with Gasteiger partial charge in [-0.1, -0.05) is 12.1 Å². The van der Waals surface area contributed by atoms with E-state index in [0.717, 1.165) is 0 Å². The number of rotatable bonds is 1. The maximum atomic E-state index is 11.0. The van der Waals surface area contributed by atoms with Crippen molar-refractivity contribution in [3.05, 3.63) is 23.8 Å². The van der Waals surface area contributed by atoms with Gasteiger partial charge in [0.15, 0.2) is 0 Å². The van der Waals surface area contributed by atoms with Crippen LogP contribution < -0.4 is 10.6 Å². The lowest BCUT2D eigenvalue weighted by atomic mass is 10.1. The molecule has 80 valence electrons. The fourth-order valence-corrected chi connectivity index (χ4v) is 2.10. The van der Waals surface area contributed by atoms with E-state index in [-0.39, 0.29) is 17.1 Å². The fraction of sp³-hybridized carbons (Fsp3) is 0.125. The maximum absolute atomic E-state index is 11.0. The van der Waals surface area contributed by atoms with Gasteiger partial charge in [-0.05, 0) is 11.6 Å². The number of para-hydroxylation sites is 1. The van der Waals surface area contributed by atoms with Gasteiger partial charge in [-0.25, -0.2) is 4.79 Å². The van der Waals surface area contributed by atoms with Gasteiger partial charge in [0, 0.05) is 6.54 Å². The average Bonchev–Trinajstić information content (AvgIpc) is 2.15. The van der Waals surface area contributed by atoms with Crippen LogP contribution in [0.1, 0.15) is 5.56 Å². The molecule has 2 amide bonds. The van der Waals surface area contributed by atoms with Crippen LogP contribution in [0, 0.1) is 0 Å². The van der Waals surface area contributed by atoms with Gasteiger partial charge in [0.1, 0.15) is 4.90 Å². The minimum absolute atomic E-state index is 0.142. The third-order valence-corrected chi connectivity index (χ3v) is 2.96. The summed E-state index contributed by atoms with van der Waals surface area (Å²) in [6.45, 7) is 0.241. The predicted molar refractivity (Wildman–Crippen MR) is 52.1 cm³/mol. The molecule has 1 aliphatic heterocycles. The molecular formula is C8H8N2O4S. The molecule has 7 heteroatoms. The van der Waals surface area contributed by atoms with E-state index in [2.05, 4.69) is 10.6 Å². The molecule has 2 rings (SSSR count). The Morgan fingerprint density at radius 1 is 1.33 bits per heavy atom. The Hall–Kier alpha value is -1.60. The minimum atomic E-state index is -4.31. The zero-order chi connectivity index (χ0) is 11.1. The molecule has 0 unspecified atom stereocenters. The SMILES string of the molecule is O=C1NCc2cccc(S(=O)(=O)O)c2N1. The molecule has 0 spiro atoms. The Bertz CT molecular complexity index is 523. The topological polar surface area (TPSA) is 95.5 Å². The molecule has 0 bridgehead atoms. The van der Waals surface area contributed by atoms with Gasteiger partial charge < -0.3 is 10.6 Å². The second kappa shape index (κ2) is 3.21. The molecule has 0 radical (unpaired) electrons. The van der Waals surface area contributed by atoms with Crippen LogP contribution in [0.4, 0.5) is 10.5 Å². The van der Waals surface area contributed by atoms with Gasteiger partial charge >= 0.3 is 6.03 Å². The van der Waals surface area contributed by atoms with E-state index >= 15 is 0 Å². The molecular weight excluding hydrogens is 220 g/mol. The van der Waals surface area contributed by atoms with Crippen LogP contribution in [0.5, 0.6) is 0 Å². The highest BCUT2D eigenvalue weighted by atomic mass is 32.2. The number of benzene rings is 1. The number of nitrogens with one attached hydrogen (secondary N) is 2. The Kier molecular flexibility index (Phi) is 2.13. The first-order valence-corrected chi connectivity index (χ1v) is 5.57. The number of hydrogen-bond donors (Lipinski definition) is 3. The number of fused-ring (bicyclic) bond motifs is 1. The number of amides is 2. The van der Waals surface area contributed by atoms with E-state index in [0.29, 0.717) is 5.56 Å². The smallest absolute Gasteiger partial charge is 0.319 e. The Balaban J connectivity index is 2.64. The van der Waals surface area contributed by atoms with E-state index in [4.69, 9.17) is 4.55 Å². The van der Waals surface area contributed by atoms with E-state index in [9.17, 15) is 13.2 Å². The highest BCUT2D eigenvalue weighted by molar-refractivity contribution is 7.86. The van der Waals surface area contributed by atoms with Crippen LogP contribution in [-0.4, -0.2) is 19.0 Å². The lowest BCUT2D eigenvalue weighted by molar-refractivity contribution is 0.251. The van der Waals surface area contributed by atoms with Gasteiger partial charge in [-0.15, -0.1) is 0 Å². The van der Waals surface area contributed by atoms with E-state index in [1.165, 1.54) is 12.1 Å². The van der Waals surface area contributed by atoms with Crippen molar-refractivity contribution < 1.29 is 17.8 Å². The predicted octanol–water partition coefficient (Wildman–Crippen LogP) is 0.568. The zero-order valence-electron chi connectivity index (χ0n) is 7.52. The summed E-state index contributed by atoms with van der Waals surface area (Å²) in [5, 5.41) is 4.84. The lowest BCUT2D eigenvalue weighted by Gasteiger charge is -2.19. The first kappa shape index (κ1) is 9.94. The van der Waals surface area contributed by atoms with Crippen molar-refractivity contribution in [1.82, 2.24) is 5.32 Å². The van der Waals surface area contributed by atoms with Crippen LogP contribution in [0.25, 0.3) is 0 Å². The van der Waals surface area contributed by atoms with E-state index in [1.807, 2.05) is 0 Å². The molecule has 0 atom stereocenters. The van der Waals surface area contributed by atoms with Gasteiger partial charge in [0.05, 0.1) is 5.69 Å². The van der Waals surface area contributed by atoms with E-state index in [1.54, 1.807) is 6.07 Å². The summed E-state index contributed by atoms with van der Waals surface area (Å²) in [5.41, 5.74) is 0.758. The molecule has 1 aliphatic rings. The van der Waals surface area contributed by atoms with Gasteiger partial charge in [0.2, 0.25) is 0 Å². The highest BCUT2D eigenvalue weighted by Gasteiger charge is 2.22. The lowest BCUT2D eigenvalue weighted by Crippen LogP contribution is -2.34. The number of anilines is 1. The average molecular weight is 228 g/mol. The minimum Gasteiger partial charge on any atom is -0.334 e. The van der Waals surface area contributed by atoms with Gasteiger partial charge in [0.25, 0.3) is 10.1 Å². The second-order valence-electron chi connectivity index (χ2n) is 3.07. The van der Waals surface area contributed by atoms with Crippen LogP contribution in [0.3, 0.4) is 0 Å². The standard InChI is InChI=1S/C8H8N2O4S/c11-8-9-4-5-2-1-3-6(7(5)10-8)15(12,13)14/h1-3H,4H2,(H2,9,10,11)(H,12,13,14). The van der Waals surface area contributed by atoms with Crippen molar-refractivity contribution in [1.29, 1.82) is 0 Å². The van der Waals surface area contributed by atoms with Gasteiger partial charge in [-0.3, -0.25) is 4.55 Å². The molecule has 1 heterocycles. The maximum Gasteiger partial charge on any atom is 0.319 e. The second-order valence-corrected chi connectivity index (χ2v) is 4.46. The van der Waals surface area contributed by atoms with Crippen molar-refractivity contribution in [3.63, 3.8) is 0 Å². The van der Waals surface area contributed by atoms with Crippen molar-refractivity contribution in [2.45, 2.75) is 11.4 Å². The highest BCUT2D eigenvalue weighted by Crippen LogP contribution is 2.27. The monoisotopic (exact) mass is 228 g/mol. The summed E-state index contributed by atoms with van der Waals surface area (Å²) in [5.74, 6) is 0. The third-order valence-electron chi connectivity index (χ3n) is 2.07. The molecule has 3 N–H and O–H groups in total. The Morgan fingerprint density at radius 2 is 2.07 bits per heavy atom. The van der Waals surface area contributed by atoms with Crippen LogP contribution in [0.15, 0.2) is 23.1 Å². The number of carbonyl (C=O) groups is 1. The molecule has 0 aliphatic carbocycles. The summed E-state index contributed by atoms with van der Waals surface area (Å²) in [6, 6.07) is 3.91. The first-order valence-electron chi connectivity index (χ1n) is 4.13. The molecule has 0 saturated heterocycles. The summed E-state index contributed by atoms with van der Waals surface area (Å²) in [6.07, 6.45) is 0. The molecule has 6 nitrogen and oxygen atoms in total. The first-order chi connectivity index (χ1) is 6.98. The Morgan fingerprint density at radius 3 is 2.73 bits per heavy atom. The zero-order valence-corrected chi connectivity index (χ0v) is 8.34. The number of urea groups is 1. The number of hydrogen-bond acceptors (Lipinski definition) is 3. The summed E-state index contributed by atoms with van der Waals surface area (Å²) >= 11 is 0.